The van der Waals surface area contributed by atoms with Crippen molar-refractivity contribution >= 4 is 35.0 Å². The summed E-state index contributed by atoms with van der Waals surface area (Å²) < 4.78 is 26.5. The van der Waals surface area contributed by atoms with Crippen LogP contribution in [0, 0.1) is 5.82 Å². The summed E-state index contributed by atoms with van der Waals surface area (Å²) in [7, 11) is 1.56. The largest absolute Gasteiger partial charge is 0.497 e. The number of ether oxygens (including phenoxy) is 2. The zero-order valence-electron chi connectivity index (χ0n) is 18.1. The molecule has 2 aromatic carbocycles. The second-order valence-corrected chi connectivity index (χ2v) is 8.63. The van der Waals surface area contributed by atoms with E-state index in [1.807, 2.05) is 0 Å². The van der Waals surface area contributed by atoms with Crippen LogP contribution in [0.25, 0.3) is 6.08 Å². The van der Waals surface area contributed by atoms with Crippen LogP contribution in [0.15, 0.2) is 63.5 Å². The topological polar surface area (TPSA) is 69.9 Å². The minimum Gasteiger partial charge on any atom is -0.497 e. The van der Waals surface area contributed by atoms with E-state index < -0.39 is 23.4 Å². The van der Waals surface area contributed by atoms with E-state index >= 15 is 0 Å². The predicted octanol–water partition coefficient (Wildman–Crippen LogP) is 3.60. The summed E-state index contributed by atoms with van der Waals surface area (Å²) in [6.45, 7) is 3.60. The number of rotatable bonds is 5. The third-order valence-corrected chi connectivity index (χ3v) is 6.54. The molecule has 1 unspecified atom stereocenters. The Bertz CT molecular complexity index is 1420. The minimum atomic E-state index is -0.760. The maximum atomic E-state index is 14.4. The molecule has 1 atom stereocenters. The van der Waals surface area contributed by atoms with Crippen molar-refractivity contribution in [2.24, 2.45) is 4.99 Å². The first kappa shape index (κ1) is 22.9. The van der Waals surface area contributed by atoms with Crippen molar-refractivity contribution in [3.63, 3.8) is 0 Å². The molecule has 2 heterocycles. The van der Waals surface area contributed by atoms with Gasteiger partial charge >= 0.3 is 5.97 Å². The number of methoxy groups -OCH3 is 1. The predicted molar refractivity (Wildman–Crippen MR) is 125 cm³/mol. The fourth-order valence-corrected chi connectivity index (χ4v) is 4.92. The molecule has 0 fully saturated rings. The lowest BCUT2D eigenvalue weighted by Gasteiger charge is -2.24. The summed E-state index contributed by atoms with van der Waals surface area (Å²) in [6.07, 6.45) is 1.41. The van der Waals surface area contributed by atoms with Gasteiger partial charge in [0, 0.05) is 5.56 Å². The number of thiazole rings is 1. The number of allylic oxidation sites excluding steroid dienone is 1. The van der Waals surface area contributed by atoms with Crippen LogP contribution >= 0.6 is 22.9 Å². The van der Waals surface area contributed by atoms with Crippen LogP contribution in [0.5, 0.6) is 5.75 Å². The molecule has 4 rings (SSSR count). The second-order valence-electron chi connectivity index (χ2n) is 7.21. The Hall–Kier alpha value is -3.23. The van der Waals surface area contributed by atoms with Crippen LogP contribution in [0.3, 0.4) is 0 Å². The summed E-state index contributed by atoms with van der Waals surface area (Å²) in [5, 5.41) is 0.191. The van der Waals surface area contributed by atoms with Gasteiger partial charge in [0.15, 0.2) is 4.80 Å². The van der Waals surface area contributed by atoms with Crippen LogP contribution in [0.1, 0.15) is 31.0 Å². The van der Waals surface area contributed by atoms with Crippen molar-refractivity contribution in [2.45, 2.75) is 19.9 Å². The molecule has 3 aromatic rings. The monoisotopic (exact) mass is 486 g/mol. The number of carbonyl (C=O) groups excluding carboxylic acids is 1. The van der Waals surface area contributed by atoms with Gasteiger partial charge in [-0.3, -0.25) is 9.36 Å². The Labute approximate surface area is 197 Å². The number of nitrogens with zero attached hydrogens (tertiary/aromatic N) is 2. The first-order valence-corrected chi connectivity index (χ1v) is 11.3. The van der Waals surface area contributed by atoms with Crippen molar-refractivity contribution in [1.82, 2.24) is 4.57 Å². The van der Waals surface area contributed by atoms with Gasteiger partial charge in [0.1, 0.15) is 11.6 Å². The van der Waals surface area contributed by atoms with Crippen LogP contribution in [0.4, 0.5) is 4.39 Å². The molecule has 0 amide bonds. The summed E-state index contributed by atoms with van der Waals surface area (Å²) in [4.78, 5) is 31.3. The zero-order valence-corrected chi connectivity index (χ0v) is 19.7. The quantitative estimate of drug-likeness (QED) is 0.517. The lowest BCUT2D eigenvalue weighted by atomic mass is 9.96. The Morgan fingerprint density at radius 1 is 1.27 bits per heavy atom. The summed E-state index contributed by atoms with van der Waals surface area (Å²) in [5.41, 5.74) is 1.11. The van der Waals surface area contributed by atoms with E-state index in [0.29, 0.717) is 21.8 Å². The van der Waals surface area contributed by atoms with E-state index in [0.717, 1.165) is 11.3 Å². The number of aromatic nitrogens is 1. The van der Waals surface area contributed by atoms with E-state index in [2.05, 4.69) is 4.99 Å². The maximum Gasteiger partial charge on any atom is 0.338 e. The van der Waals surface area contributed by atoms with Crippen molar-refractivity contribution < 1.29 is 18.7 Å². The normalized spacial score (nSPS) is 15.8. The van der Waals surface area contributed by atoms with Crippen molar-refractivity contribution in [1.29, 1.82) is 0 Å². The number of halogens is 2. The van der Waals surface area contributed by atoms with Gasteiger partial charge in [-0.25, -0.2) is 14.2 Å². The SMILES string of the molecule is CCOC(=O)C1=C(C)N=c2s/c(=C\c3c(F)cccc3Cl)c(=O)n2C1c1ccc(OC)cc1. The molecular weight excluding hydrogens is 467 g/mol. The maximum absolute atomic E-state index is 14.4. The Morgan fingerprint density at radius 2 is 2.00 bits per heavy atom. The Morgan fingerprint density at radius 3 is 2.64 bits per heavy atom. The molecule has 0 N–H and O–H groups in total. The van der Waals surface area contributed by atoms with Gasteiger partial charge in [-0.2, -0.15) is 0 Å². The van der Waals surface area contributed by atoms with Gasteiger partial charge in [-0.1, -0.05) is 41.1 Å². The Kier molecular flexibility index (Phi) is 6.49. The highest BCUT2D eigenvalue weighted by Crippen LogP contribution is 2.31. The third-order valence-electron chi connectivity index (χ3n) is 5.22. The first-order chi connectivity index (χ1) is 15.8. The fourth-order valence-electron chi connectivity index (χ4n) is 3.67. The molecule has 0 bridgehead atoms. The molecule has 6 nitrogen and oxygen atoms in total. The first-order valence-electron chi connectivity index (χ1n) is 10.1. The molecule has 1 aromatic heterocycles. The number of hydrogen-bond acceptors (Lipinski definition) is 6. The molecule has 170 valence electrons. The molecule has 1 aliphatic heterocycles. The van der Waals surface area contributed by atoms with Gasteiger partial charge in [0.05, 0.1) is 40.6 Å². The zero-order chi connectivity index (χ0) is 23.7. The number of esters is 1. The highest BCUT2D eigenvalue weighted by atomic mass is 35.5. The van der Waals surface area contributed by atoms with Crippen molar-refractivity contribution in [2.75, 3.05) is 13.7 Å². The average Bonchev–Trinajstić information content (AvgIpc) is 3.10. The molecule has 33 heavy (non-hydrogen) atoms. The van der Waals surface area contributed by atoms with Crippen LogP contribution < -0.4 is 19.6 Å². The summed E-state index contributed by atoms with van der Waals surface area (Å²) in [5.74, 6) is -0.451. The van der Waals surface area contributed by atoms with Gasteiger partial charge in [-0.15, -0.1) is 0 Å². The average molecular weight is 487 g/mol. The van der Waals surface area contributed by atoms with Gasteiger partial charge in [0.2, 0.25) is 0 Å². The summed E-state index contributed by atoms with van der Waals surface area (Å²) in [6, 6.07) is 10.6. The molecule has 1 aliphatic rings. The minimum absolute atomic E-state index is 0.117. The second kappa shape index (κ2) is 9.33. The molecule has 9 heteroatoms. The summed E-state index contributed by atoms with van der Waals surface area (Å²) >= 11 is 7.26. The molecule has 0 saturated carbocycles. The number of benzene rings is 2. The fraction of sp³-hybridized carbons (Fsp3) is 0.208. The van der Waals surface area contributed by atoms with Crippen molar-refractivity contribution in [3.05, 3.63) is 95.4 Å². The molecule has 0 aliphatic carbocycles. The number of carbonyl (C=O) groups is 1. The highest BCUT2D eigenvalue weighted by molar-refractivity contribution is 7.07. The van der Waals surface area contributed by atoms with Crippen LogP contribution in [-0.4, -0.2) is 24.3 Å². The smallest absolute Gasteiger partial charge is 0.338 e. The van der Waals surface area contributed by atoms with Gasteiger partial charge < -0.3 is 9.47 Å². The lowest BCUT2D eigenvalue weighted by Crippen LogP contribution is -2.39. The van der Waals surface area contributed by atoms with Gasteiger partial charge in [0.25, 0.3) is 5.56 Å². The van der Waals surface area contributed by atoms with E-state index in [1.165, 1.54) is 22.8 Å². The molecule has 0 radical (unpaired) electrons. The van der Waals surface area contributed by atoms with E-state index in [4.69, 9.17) is 21.1 Å². The lowest BCUT2D eigenvalue weighted by molar-refractivity contribution is -0.139. The molecule has 0 saturated heterocycles. The molecule has 0 spiro atoms. The van der Waals surface area contributed by atoms with E-state index in [1.54, 1.807) is 51.3 Å². The highest BCUT2D eigenvalue weighted by Gasteiger charge is 2.33. The van der Waals surface area contributed by atoms with Crippen molar-refractivity contribution in [3.8, 4) is 5.75 Å². The number of hydrogen-bond donors (Lipinski definition) is 0. The standard InChI is InChI=1S/C24H20ClFN2O4S/c1-4-32-23(30)20-13(2)27-24-28(21(20)14-8-10-15(31-3)11-9-14)22(29)19(33-24)12-16-17(25)6-5-7-18(16)26/h5-12,21H,4H2,1-3H3/b19-12-. The van der Waals surface area contributed by atoms with E-state index in [-0.39, 0.29) is 27.3 Å². The number of fused-ring (bicyclic) bond motifs is 1. The van der Waals surface area contributed by atoms with E-state index in [9.17, 15) is 14.0 Å². The van der Waals surface area contributed by atoms with Crippen LogP contribution in [-0.2, 0) is 9.53 Å². The Balaban J connectivity index is 1.97. The molecular formula is C24H20ClFN2O4S. The van der Waals surface area contributed by atoms with Crippen LogP contribution in [0.2, 0.25) is 5.02 Å². The van der Waals surface area contributed by atoms with Gasteiger partial charge in [-0.05, 0) is 49.8 Å². The third kappa shape index (κ3) is 4.24.